The van der Waals surface area contributed by atoms with Gasteiger partial charge in [-0.05, 0) is 42.5 Å². The van der Waals surface area contributed by atoms with Crippen LogP contribution in [0.15, 0.2) is 83.8 Å². The fourth-order valence-electron chi connectivity index (χ4n) is 3.56. The number of benzene rings is 3. The standard InChI is InChI=1S/C22H15F3N4O2S/c23-22(24,25)15-7-6-8-16(13-15)28-14-29(32(30,31)17-9-2-1-3-10-17)21-20(28)26-18-11-4-5-12-19(18)27-21/h1-13H,14H2. The Kier molecular flexibility index (Phi) is 4.55. The second-order valence-electron chi connectivity index (χ2n) is 7.14. The third kappa shape index (κ3) is 3.32. The van der Waals surface area contributed by atoms with Crippen molar-refractivity contribution in [3.05, 3.63) is 84.4 Å². The van der Waals surface area contributed by atoms with E-state index in [9.17, 15) is 21.6 Å². The van der Waals surface area contributed by atoms with Crippen LogP contribution in [0.5, 0.6) is 0 Å². The Hall–Kier alpha value is -3.66. The molecule has 0 saturated carbocycles. The number of sulfonamides is 1. The third-order valence-electron chi connectivity index (χ3n) is 5.11. The molecule has 2 heterocycles. The van der Waals surface area contributed by atoms with Gasteiger partial charge in [-0.1, -0.05) is 36.4 Å². The Morgan fingerprint density at radius 1 is 0.781 bits per heavy atom. The molecule has 32 heavy (non-hydrogen) atoms. The molecule has 0 amide bonds. The van der Waals surface area contributed by atoms with Gasteiger partial charge in [0.25, 0.3) is 10.0 Å². The van der Waals surface area contributed by atoms with Gasteiger partial charge in [-0.25, -0.2) is 22.7 Å². The van der Waals surface area contributed by atoms with Crippen LogP contribution in [0.25, 0.3) is 11.0 Å². The predicted octanol–water partition coefficient (Wildman–Crippen LogP) is 4.95. The molecule has 0 bridgehead atoms. The van der Waals surface area contributed by atoms with Gasteiger partial charge >= 0.3 is 6.18 Å². The molecule has 0 saturated heterocycles. The van der Waals surface area contributed by atoms with Crippen molar-refractivity contribution in [3.63, 3.8) is 0 Å². The molecular formula is C22H15F3N4O2S. The van der Waals surface area contributed by atoms with Crippen molar-refractivity contribution in [2.45, 2.75) is 11.1 Å². The van der Waals surface area contributed by atoms with Crippen molar-refractivity contribution in [2.75, 3.05) is 15.9 Å². The van der Waals surface area contributed by atoms with Gasteiger partial charge in [0, 0.05) is 5.69 Å². The summed E-state index contributed by atoms with van der Waals surface area (Å²) in [4.78, 5) is 10.5. The van der Waals surface area contributed by atoms with Crippen molar-refractivity contribution in [3.8, 4) is 0 Å². The Balaban J connectivity index is 1.70. The van der Waals surface area contributed by atoms with Gasteiger partial charge < -0.3 is 4.90 Å². The number of nitrogens with zero attached hydrogens (tertiary/aromatic N) is 4. The normalized spacial score (nSPS) is 14.1. The zero-order valence-corrected chi connectivity index (χ0v) is 17.2. The van der Waals surface area contributed by atoms with Gasteiger partial charge in [0.15, 0.2) is 11.6 Å². The lowest BCUT2D eigenvalue weighted by molar-refractivity contribution is -0.137. The molecular weight excluding hydrogens is 441 g/mol. The maximum Gasteiger partial charge on any atom is 0.416 e. The monoisotopic (exact) mass is 456 g/mol. The van der Waals surface area contributed by atoms with E-state index in [4.69, 9.17) is 0 Å². The summed E-state index contributed by atoms with van der Waals surface area (Å²) in [6.07, 6.45) is -4.54. The van der Waals surface area contributed by atoms with E-state index in [0.717, 1.165) is 16.4 Å². The smallest absolute Gasteiger partial charge is 0.304 e. The molecule has 162 valence electrons. The molecule has 0 unspecified atom stereocenters. The fourth-order valence-corrected chi connectivity index (χ4v) is 4.93. The number of para-hydroxylation sites is 2. The summed E-state index contributed by atoms with van der Waals surface area (Å²) in [6.45, 7) is -0.260. The first kappa shape index (κ1) is 20.3. The highest BCUT2D eigenvalue weighted by Gasteiger charge is 2.39. The molecule has 0 aliphatic carbocycles. The average molecular weight is 456 g/mol. The van der Waals surface area contributed by atoms with Crippen molar-refractivity contribution < 1.29 is 21.6 Å². The summed E-state index contributed by atoms with van der Waals surface area (Å²) in [6, 6.07) is 19.4. The lowest BCUT2D eigenvalue weighted by Gasteiger charge is -2.21. The quantitative estimate of drug-likeness (QED) is 0.436. The van der Waals surface area contributed by atoms with Gasteiger partial charge in [0.1, 0.15) is 6.67 Å². The first-order valence-corrected chi connectivity index (χ1v) is 11.0. The predicted molar refractivity (Wildman–Crippen MR) is 114 cm³/mol. The van der Waals surface area contributed by atoms with E-state index in [1.807, 2.05) is 0 Å². The minimum atomic E-state index is -4.54. The molecule has 0 radical (unpaired) electrons. The summed E-state index contributed by atoms with van der Waals surface area (Å²) in [5.41, 5.74) is 0.304. The van der Waals surface area contributed by atoms with Crippen LogP contribution >= 0.6 is 0 Å². The highest BCUT2D eigenvalue weighted by atomic mass is 32.2. The van der Waals surface area contributed by atoms with Crippen LogP contribution in [0.2, 0.25) is 0 Å². The zero-order valence-electron chi connectivity index (χ0n) is 16.4. The van der Waals surface area contributed by atoms with Crippen molar-refractivity contribution in [2.24, 2.45) is 0 Å². The molecule has 6 nitrogen and oxygen atoms in total. The first-order valence-electron chi connectivity index (χ1n) is 9.54. The SMILES string of the molecule is O=S(=O)(c1ccccc1)N1CN(c2cccc(C(F)(F)F)c2)c2nc3ccccc3nc21. The van der Waals surface area contributed by atoms with Crippen LogP contribution in [0.3, 0.4) is 0 Å². The van der Waals surface area contributed by atoms with Crippen molar-refractivity contribution in [1.82, 2.24) is 9.97 Å². The van der Waals surface area contributed by atoms with E-state index < -0.39 is 21.8 Å². The summed E-state index contributed by atoms with van der Waals surface area (Å²) in [5, 5.41) is 0. The molecule has 0 fully saturated rings. The van der Waals surface area contributed by atoms with E-state index in [1.54, 1.807) is 42.5 Å². The van der Waals surface area contributed by atoms with Gasteiger partial charge in [0.2, 0.25) is 0 Å². The molecule has 10 heteroatoms. The lowest BCUT2D eigenvalue weighted by Crippen LogP contribution is -2.34. The van der Waals surface area contributed by atoms with Crippen LogP contribution < -0.4 is 9.21 Å². The molecule has 0 N–H and O–H groups in total. The zero-order chi connectivity index (χ0) is 22.5. The van der Waals surface area contributed by atoms with E-state index in [1.165, 1.54) is 29.2 Å². The Morgan fingerprint density at radius 2 is 1.41 bits per heavy atom. The first-order chi connectivity index (χ1) is 15.2. The Bertz CT molecular complexity index is 1430. The number of hydrogen-bond acceptors (Lipinski definition) is 5. The molecule has 5 rings (SSSR count). The highest BCUT2D eigenvalue weighted by molar-refractivity contribution is 7.92. The summed E-state index contributed by atoms with van der Waals surface area (Å²) >= 11 is 0. The highest BCUT2D eigenvalue weighted by Crippen LogP contribution is 2.42. The molecule has 0 atom stereocenters. The van der Waals surface area contributed by atoms with Crippen LogP contribution in [0, 0.1) is 0 Å². The molecule has 4 aromatic rings. The molecule has 1 aliphatic heterocycles. The topological polar surface area (TPSA) is 66.4 Å². The molecule has 0 spiro atoms. The number of anilines is 3. The Labute approximate surface area is 181 Å². The van der Waals surface area contributed by atoms with Crippen LogP contribution in [0.1, 0.15) is 5.56 Å². The van der Waals surface area contributed by atoms with Crippen LogP contribution in [-0.2, 0) is 16.2 Å². The fraction of sp³-hybridized carbons (Fsp3) is 0.0909. The average Bonchev–Trinajstić information content (AvgIpc) is 3.17. The third-order valence-corrected chi connectivity index (χ3v) is 6.85. The second-order valence-corrected chi connectivity index (χ2v) is 9.01. The Morgan fingerprint density at radius 3 is 2.06 bits per heavy atom. The van der Waals surface area contributed by atoms with Gasteiger partial charge in [-0.3, -0.25) is 0 Å². The van der Waals surface area contributed by atoms with Crippen LogP contribution in [-0.4, -0.2) is 25.1 Å². The van der Waals surface area contributed by atoms with E-state index in [0.29, 0.717) is 11.0 Å². The van der Waals surface area contributed by atoms with Gasteiger partial charge in [-0.2, -0.15) is 13.2 Å². The lowest BCUT2D eigenvalue weighted by atomic mass is 10.2. The number of rotatable bonds is 3. The van der Waals surface area contributed by atoms with Gasteiger partial charge in [-0.15, -0.1) is 0 Å². The summed E-state index contributed by atoms with van der Waals surface area (Å²) in [5.74, 6) is 0.229. The van der Waals surface area contributed by atoms with Crippen LogP contribution in [0.4, 0.5) is 30.5 Å². The minimum Gasteiger partial charge on any atom is -0.304 e. The summed E-state index contributed by atoms with van der Waals surface area (Å²) in [7, 11) is -4.03. The second kappa shape index (κ2) is 7.20. The minimum absolute atomic E-state index is 0.0480. The molecule has 3 aromatic carbocycles. The van der Waals surface area contributed by atoms with E-state index in [2.05, 4.69) is 9.97 Å². The van der Waals surface area contributed by atoms with Crippen molar-refractivity contribution in [1.29, 1.82) is 0 Å². The number of fused-ring (bicyclic) bond motifs is 2. The number of aromatic nitrogens is 2. The molecule has 1 aliphatic rings. The maximum absolute atomic E-state index is 13.4. The van der Waals surface area contributed by atoms with E-state index in [-0.39, 0.29) is 28.9 Å². The molecule has 1 aromatic heterocycles. The number of hydrogen-bond donors (Lipinski definition) is 0. The van der Waals surface area contributed by atoms with E-state index >= 15 is 0 Å². The van der Waals surface area contributed by atoms with Crippen molar-refractivity contribution >= 4 is 38.4 Å². The number of halogens is 3. The summed E-state index contributed by atoms with van der Waals surface area (Å²) < 4.78 is 67.7. The number of alkyl halides is 3. The van der Waals surface area contributed by atoms with Gasteiger partial charge in [0.05, 0.1) is 21.5 Å². The maximum atomic E-state index is 13.4. The largest absolute Gasteiger partial charge is 0.416 e.